The largest absolute Gasteiger partial charge is 0.507 e. The molecule has 4 aromatic rings. The summed E-state index contributed by atoms with van der Waals surface area (Å²) in [5, 5.41) is 29.7. The van der Waals surface area contributed by atoms with E-state index in [1.165, 1.54) is 18.4 Å². The van der Waals surface area contributed by atoms with Crippen LogP contribution in [0.1, 0.15) is 29.0 Å². The molecule has 4 N–H and O–H groups in total. The molecular formula is C28H22ClN5O4. The molecule has 3 heterocycles. The first-order valence-corrected chi connectivity index (χ1v) is 12.2. The Kier molecular flexibility index (Phi) is 7.09. The Hall–Kier alpha value is -4.65. The van der Waals surface area contributed by atoms with Gasteiger partial charge in [-0.1, -0.05) is 23.7 Å². The lowest BCUT2D eigenvalue weighted by atomic mass is 9.97. The van der Waals surface area contributed by atoms with Crippen LogP contribution in [0.25, 0.3) is 22.4 Å². The molecule has 9 nitrogen and oxygen atoms in total. The van der Waals surface area contributed by atoms with E-state index in [1.807, 2.05) is 0 Å². The van der Waals surface area contributed by atoms with E-state index in [2.05, 4.69) is 27.0 Å². The van der Waals surface area contributed by atoms with Crippen molar-refractivity contribution >= 4 is 34.9 Å². The van der Waals surface area contributed by atoms with Gasteiger partial charge in [-0.2, -0.15) is 5.26 Å². The van der Waals surface area contributed by atoms with Crippen molar-refractivity contribution in [2.75, 3.05) is 17.2 Å². The lowest BCUT2D eigenvalue weighted by Crippen LogP contribution is -2.35. The number of carbonyl (C=O) groups excluding carboxylic acids is 2. The number of nitrogens with zero attached hydrogens (tertiary/aromatic N) is 2. The number of amides is 2. The SMILES string of the molecule is N#Cc1c(-c2cccc(NC(=O)[C@H]3CCCN3)c2)cc(-c2ccc(Cl)cc2O)nc1NC(=O)c1ccco1. The van der Waals surface area contributed by atoms with Gasteiger partial charge in [0.1, 0.15) is 17.4 Å². The van der Waals surface area contributed by atoms with Gasteiger partial charge in [0.25, 0.3) is 5.91 Å². The van der Waals surface area contributed by atoms with E-state index >= 15 is 0 Å². The van der Waals surface area contributed by atoms with Gasteiger partial charge in [-0.05, 0) is 73.5 Å². The number of nitriles is 1. The van der Waals surface area contributed by atoms with Gasteiger partial charge in [-0.25, -0.2) is 4.98 Å². The molecule has 0 spiro atoms. The van der Waals surface area contributed by atoms with Crippen LogP contribution in [0.5, 0.6) is 5.75 Å². The zero-order chi connectivity index (χ0) is 26.6. The van der Waals surface area contributed by atoms with Crippen molar-refractivity contribution in [2.24, 2.45) is 0 Å². The Morgan fingerprint density at radius 1 is 1.11 bits per heavy atom. The highest BCUT2D eigenvalue weighted by molar-refractivity contribution is 6.30. The van der Waals surface area contributed by atoms with Crippen LogP contribution in [0.4, 0.5) is 11.5 Å². The number of furan rings is 1. The molecule has 2 aromatic heterocycles. The van der Waals surface area contributed by atoms with Crippen molar-refractivity contribution in [3.8, 4) is 34.2 Å². The van der Waals surface area contributed by atoms with Crippen molar-refractivity contribution in [3.63, 3.8) is 0 Å². The number of anilines is 2. The number of aromatic nitrogens is 1. The van der Waals surface area contributed by atoms with Crippen molar-refractivity contribution in [1.29, 1.82) is 5.26 Å². The van der Waals surface area contributed by atoms with Gasteiger partial charge in [-0.3, -0.25) is 9.59 Å². The Morgan fingerprint density at radius 2 is 1.97 bits per heavy atom. The fraction of sp³-hybridized carbons (Fsp3) is 0.143. The maximum atomic E-state index is 12.8. The van der Waals surface area contributed by atoms with E-state index in [0.717, 1.165) is 19.4 Å². The van der Waals surface area contributed by atoms with Crippen molar-refractivity contribution in [2.45, 2.75) is 18.9 Å². The molecule has 2 aromatic carbocycles. The molecule has 190 valence electrons. The minimum absolute atomic E-state index is 0.0136. The van der Waals surface area contributed by atoms with Gasteiger partial charge in [0, 0.05) is 21.8 Å². The smallest absolute Gasteiger partial charge is 0.292 e. The highest BCUT2D eigenvalue weighted by Crippen LogP contribution is 2.37. The number of nitrogens with one attached hydrogen (secondary N) is 3. The second kappa shape index (κ2) is 10.8. The Labute approximate surface area is 223 Å². The van der Waals surface area contributed by atoms with Crippen LogP contribution >= 0.6 is 11.6 Å². The summed E-state index contributed by atoms with van der Waals surface area (Å²) in [5.74, 6) is -0.808. The van der Waals surface area contributed by atoms with Gasteiger partial charge < -0.3 is 25.5 Å². The van der Waals surface area contributed by atoms with Crippen LogP contribution in [0.2, 0.25) is 5.02 Å². The van der Waals surface area contributed by atoms with Crippen LogP contribution < -0.4 is 16.0 Å². The normalized spacial score (nSPS) is 14.6. The van der Waals surface area contributed by atoms with E-state index in [0.29, 0.717) is 33.1 Å². The topological polar surface area (TPSA) is 140 Å². The first kappa shape index (κ1) is 25.0. The molecule has 2 amide bonds. The third-order valence-electron chi connectivity index (χ3n) is 6.16. The fourth-order valence-corrected chi connectivity index (χ4v) is 4.48. The second-order valence-electron chi connectivity index (χ2n) is 8.70. The molecule has 38 heavy (non-hydrogen) atoms. The molecule has 0 saturated carbocycles. The molecule has 0 aliphatic carbocycles. The van der Waals surface area contributed by atoms with E-state index in [1.54, 1.807) is 48.5 Å². The fourth-order valence-electron chi connectivity index (χ4n) is 4.31. The average Bonchev–Trinajstić information content (AvgIpc) is 3.64. The molecule has 0 radical (unpaired) electrons. The minimum atomic E-state index is -0.590. The van der Waals surface area contributed by atoms with Crippen molar-refractivity contribution in [3.05, 3.63) is 83.3 Å². The lowest BCUT2D eigenvalue weighted by molar-refractivity contribution is -0.117. The zero-order valence-electron chi connectivity index (χ0n) is 20.0. The summed E-state index contributed by atoms with van der Waals surface area (Å²) in [6.45, 7) is 0.799. The van der Waals surface area contributed by atoms with Gasteiger partial charge >= 0.3 is 0 Å². The standard InChI is InChI=1S/C28H22ClN5O4/c29-17-8-9-19(24(35)13-17)23-14-20(21(15-30)26(33-23)34-28(37)25-7-3-11-38-25)16-4-1-5-18(12-16)32-27(36)22-6-2-10-31-22/h1,3-5,7-9,11-14,22,31,35H,2,6,10H2,(H,32,36)(H,33,34,37)/t22-/m1/s1. The highest BCUT2D eigenvalue weighted by Gasteiger charge is 2.23. The summed E-state index contributed by atoms with van der Waals surface area (Å²) in [4.78, 5) is 29.9. The number of pyridine rings is 1. The third-order valence-corrected chi connectivity index (χ3v) is 6.40. The van der Waals surface area contributed by atoms with Crippen molar-refractivity contribution < 1.29 is 19.1 Å². The first-order valence-electron chi connectivity index (χ1n) is 11.9. The van der Waals surface area contributed by atoms with Crippen LogP contribution in [0.15, 0.2) is 71.3 Å². The summed E-state index contributed by atoms with van der Waals surface area (Å²) in [5.41, 5.74) is 2.35. The summed E-state index contributed by atoms with van der Waals surface area (Å²) < 4.78 is 5.18. The average molecular weight is 528 g/mol. The quantitative estimate of drug-likeness (QED) is 0.271. The molecule has 1 aliphatic rings. The van der Waals surface area contributed by atoms with Crippen LogP contribution in [0.3, 0.4) is 0 Å². The van der Waals surface area contributed by atoms with E-state index in [4.69, 9.17) is 16.0 Å². The maximum Gasteiger partial charge on any atom is 0.292 e. The summed E-state index contributed by atoms with van der Waals surface area (Å²) in [6, 6.07) is 18.2. The number of hydrogen-bond acceptors (Lipinski definition) is 7. The maximum absolute atomic E-state index is 12.8. The number of hydrogen-bond donors (Lipinski definition) is 4. The number of phenolic OH excluding ortho intramolecular Hbond substituents is 1. The second-order valence-corrected chi connectivity index (χ2v) is 9.14. The molecule has 0 unspecified atom stereocenters. The molecule has 1 atom stereocenters. The number of benzene rings is 2. The summed E-state index contributed by atoms with van der Waals surface area (Å²) in [7, 11) is 0. The minimum Gasteiger partial charge on any atom is -0.507 e. The highest BCUT2D eigenvalue weighted by atomic mass is 35.5. The van der Waals surface area contributed by atoms with Gasteiger partial charge in [0.05, 0.1) is 18.0 Å². The van der Waals surface area contributed by atoms with Gasteiger partial charge in [-0.15, -0.1) is 0 Å². The molecule has 1 saturated heterocycles. The predicted octanol–water partition coefficient (Wildman–Crippen LogP) is 5.18. The number of aromatic hydroxyl groups is 1. The molecule has 1 fully saturated rings. The Morgan fingerprint density at radius 3 is 2.68 bits per heavy atom. The lowest BCUT2D eigenvalue weighted by Gasteiger charge is -2.15. The molecule has 5 rings (SSSR count). The predicted molar refractivity (Wildman–Crippen MR) is 143 cm³/mol. The first-order chi connectivity index (χ1) is 18.4. The number of phenols is 1. The van der Waals surface area contributed by atoms with E-state index in [9.17, 15) is 20.0 Å². The number of rotatable bonds is 6. The number of halogens is 1. The zero-order valence-corrected chi connectivity index (χ0v) is 20.7. The van der Waals surface area contributed by atoms with Crippen molar-refractivity contribution in [1.82, 2.24) is 10.3 Å². The van der Waals surface area contributed by atoms with E-state index < -0.39 is 5.91 Å². The third kappa shape index (κ3) is 5.22. The number of carbonyl (C=O) groups is 2. The van der Waals surface area contributed by atoms with E-state index in [-0.39, 0.29) is 34.8 Å². The van der Waals surface area contributed by atoms with Crippen LogP contribution in [0, 0.1) is 11.3 Å². The summed E-state index contributed by atoms with van der Waals surface area (Å²) in [6.07, 6.45) is 3.07. The van der Waals surface area contributed by atoms with Crippen LogP contribution in [-0.2, 0) is 4.79 Å². The Balaban J connectivity index is 1.60. The Bertz CT molecular complexity index is 1560. The monoisotopic (exact) mass is 527 g/mol. The molecule has 10 heteroatoms. The van der Waals surface area contributed by atoms with Crippen LogP contribution in [-0.4, -0.2) is 34.5 Å². The molecular weight excluding hydrogens is 506 g/mol. The molecule has 1 aliphatic heterocycles. The van der Waals surface area contributed by atoms with Gasteiger partial charge in [0.15, 0.2) is 11.6 Å². The van der Waals surface area contributed by atoms with Gasteiger partial charge in [0.2, 0.25) is 5.91 Å². The summed E-state index contributed by atoms with van der Waals surface area (Å²) >= 11 is 6.01. The molecule has 0 bridgehead atoms.